The molecule has 7 nitrogen and oxygen atoms in total. The Labute approximate surface area is 225 Å². The van der Waals surface area contributed by atoms with Gasteiger partial charge in [0.2, 0.25) is 11.1 Å². The van der Waals surface area contributed by atoms with Gasteiger partial charge in [0.25, 0.3) is 5.91 Å². The van der Waals surface area contributed by atoms with Crippen LogP contribution in [0, 0.1) is 19.7 Å². The van der Waals surface area contributed by atoms with E-state index in [-0.39, 0.29) is 11.7 Å². The molecule has 0 saturated heterocycles. The third-order valence-corrected chi connectivity index (χ3v) is 7.56. The average molecular weight is 530 g/mol. The second-order valence-electron chi connectivity index (χ2n) is 9.08. The van der Waals surface area contributed by atoms with Gasteiger partial charge in [-0.25, -0.2) is 9.07 Å². The summed E-state index contributed by atoms with van der Waals surface area (Å²) in [6.45, 7) is 5.86. The van der Waals surface area contributed by atoms with Gasteiger partial charge in [-0.3, -0.25) is 4.79 Å². The summed E-state index contributed by atoms with van der Waals surface area (Å²) in [5.74, 6) is 1.12. The number of aromatic nitrogens is 3. The second-order valence-corrected chi connectivity index (χ2v) is 10.0. The Bertz CT molecular complexity index is 1530. The summed E-state index contributed by atoms with van der Waals surface area (Å²) in [4.78, 5) is 18.4. The number of thioether (sulfide) groups is 1. The Morgan fingerprint density at radius 2 is 1.84 bits per heavy atom. The van der Waals surface area contributed by atoms with Gasteiger partial charge in [-0.05, 0) is 67.3 Å². The Kier molecular flexibility index (Phi) is 7.20. The van der Waals surface area contributed by atoms with E-state index in [1.165, 1.54) is 17.8 Å². The minimum atomic E-state index is -0.530. The van der Waals surface area contributed by atoms with Crippen LogP contribution < -0.4 is 15.4 Å². The van der Waals surface area contributed by atoms with Crippen LogP contribution >= 0.6 is 11.8 Å². The van der Waals surface area contributed by atoms with Crippen LogP contribution in [0.5, 0.6) is 5.75 Å². The van der Waals surface area contributed by atoms with Gasteiger partial charge in [0.05, 0.1) is 12.7 Å². The van der Waals surface area contributed by atoms with Crippen LogP contribution in [0.3, 0.4) is 0 Å². The Morgan fingerprint density at radius 1 is 1.08 bits per heavy atom. The summed E-state index contributed by atoms with van der Waals surface area (Å²) < 4.78 is 21.2. The Balaban J connectivity index is 1.51. The number of allylic oxidation sites excluding steroid dienone is 1. The van der Waals surface area contributed by atoms with Gasteiger partial charge in [-0.1, -0.05) is 54.2 Å². The standard InChI is InChI=1S/C29H28FN5O2S/c1-17-8-7-11-24(18(17)2)32-27(36)25-19(3)31-28-33-29(38-16-21-9-5-6-10-23(21)30)34-35(28)26(25)20-12-14-22(37-4)15-13-20/h5-15,26H,16H2,1-4H3,(H,32,36)(H,31,33,34). The van der Waals surface area contributed by atoms with Gasteiger partial charge in [0.15, 0.2) is 0 Å². The molecule has 1 unspecified atom stereocenters. The zero-order chi connectivity index (χ0) is 26.8. The van der Waals surface area contributed by atoms with E-state index >= 15 is 0 Å². The number of methoxy groups -OCH3 is 1. The van der Waals surface area contributed by atoms with Gasteiger partial charge in [0, 0.05) is 17.1 Å². The fourth-order valence-electron chi connectivity index (χ4n) is 4.41. The molecule has 1 amide bonds. The number of ether oxygens (including phenoxy) is 1. The van der Waals surface area contributed by atoms with E-state index in [1.807, 2.05) is 63.2 Å². The molecule has 1 aliphatic heterocycles. The predicted octanol–water partition coefficient (Wildman–Crippen LogP) is 6.26. The summed E-state index contributed by atoms with van der Waals surface area (Å²) in [5, 5.41) is 11.6. The number of nitrogens with one attached hydrogen (secondary N) is 2. The van der Waals surface area contributed by atoms with Crippen molar-refractivity contribution in [2.75, 3.05) is 17.7 Å². The van der Waals surface area contributed by atoms with E-state index in [9.17, 15) is 9.18 Å². The van der Waals surface area contributed by atoms with E-state index in [0.29, 0.717) is 39.4 Å². The number of halogens is 1. The fourth-order valence-corrected chi connectivity index (χ4v) is 5.23. The van der Waals surface area contributed by atoms with Gasteiger partial charge in [-0.15, -0.1) is 5.10 Å². The van der Waals surface area contributed by atoms with Crippen molar-refractivity contribution in [1.82, 2.24) is 14.8 Å². The van der Waals surface area contributed by atoms with Crippen molar-refractivity contribution in [3.63, 3.8) is 0 Å². The molecule has 1 atom stereocenters. The number of amides is 1. The van der Waals surface area contributed by atoms with E-state index in [1.54, 1.807) is 30.0 Å². The third-order valence-electron chi connectivity index (χ3n) is 6.68. The molecule has 2 N–H and O–H groups in total. The van der Waals surface area contributed by atoms with Crippen LogP contribution in [0.1, 0.15) is 35.2 Å². The first-order valence-corrected chi connectivity index (χ1v) is 13.2. The second kappa shape index (κ2) is 10.7. The van der Waals surface area contributed by atoms with Crippen LogP contribution in [0.4, 0.5) is 16.0 Å². The number of aryl methyl sites for hydroxylation is 1. The molecule has 0 radical (unpaired) electrons. The Hall–Kier alpha value is -4.11. The number of carbonyl (C=O) groups is 1. The van der Waals surface area contributed by atoms with E-state index in [4.69, 9.17) is 9.84 Å². The molecule has 4 aromatic rings. The van der Waals surface area contributed by atoms with Crippen LogP contribution in [0.25, 0.3) is 0 Å². The first kappa shape index (κ1) is 25.5. The molecule has 1 aromatic heterocycles. The van der Waals surface area contributed by atoms with Crippen molar-refractivity contribution in [3.05, 3.63) is 106 Å². The van der Waals surface area contributed by atoms with Crippen molar-refractivity contribution in [2.45, 2.75) is 37.7 Å². The average Bonchev–Trinajstić information content (AvgIpc) is 3.32. The number of hydrogen-bond donors (Lipinski definition) is 2. The van der Waals surface area contributed by atoms with Crippen molar-refractivity contribution in [1.29, 1.82) is 0 Å². The quantitative estimate of drug-likeness (QED) is 0.275. The van der Waals surface area contributed by atoms with Crippen LogP contribution in [-0.4, -0.2) is 27.8 Å². The molecule has 3 aromatic carbocycles. The molecule has 0 spiro atoms. The van der Waals surface area contributed by atoms with E-state index < -0.39 is 6.04 Å². The van der Waals surface area contributed by atoms with E-state index in [2.05, 4.69) is 15.6 Å². The highest BCUT2D eigenvalue weighted by atomic mass is 32.2. The zero-order valence-electron chi connectivity index (χ0n) is 21.6. The lowest BCUT2D eigenvalue weighted by molar-refractivity contribution is -0.113. The number of benzene rings is 3. The summed E-state index contributed by atoms with van der Waals surface area (Å²) in [6.07, 6.45) is 0. The van der Waals surface area contributed by atoms with Gasteiger partial charge < -0.3 is 15.4 Å². The first-order chi connectivity index (χ1) is 18.4. The zero-order valence-corrected chi connectivity index (χ0v) is 22.4. The van der Waals surface area contributed by atoms with E-state index in [0.717, 1.165) is 22.4 Å². The lowest BCUT2D eigenvalue weighted by atomic mass is 9.94. The van der Waals surface area contributed by atoms with Crippen molar-refractivity contribution < 1.29 is 13.9 Å². The minimum absolute atomic E-state index is 0.230. The van der Waals surface area contributed by atoms with Crippen molar-refractivity contribution in [2.24, 2.45) is 0 Å². The summed E-state index contributed by atoms with van der Waals surface area (Å²) in [6, 6.07) is 19.5. The number of carbonyl (C=O) groups excluding carboxylic acids is 1. The highest BCUT2D eigenvalue weighted by Gasteiger charge is 2.34. The molecular formula is C29H28FN5O2S. The molecule has 1 aliphatic rings. The monoisotopic (exact) mass is 529 g/mol. The van der Waals surface area contributed by atoms with Gasteiger partial charge >= 0.3 is 0 Å². The maximum Gasteiger partial charge on any atom is 0.255 e. The van der Waals surface area contributed by atoms with Crippen molar-refractivity contribution >= 4 is 29.3 Å². The largest absolute Gasteiger partial charge is 0.497 e. The summed E-state index contributed by atoms with van der Waals surface area (Å²) in [7, 11) is 1.61. The van der Waals surface area contributed by atoms with Gasteiger partial charge in [0.1, 0.15) is 17.6 Å². The number of anilines is 2. The molecule has 5 rings (SSSR count). The molecule has 2 heterocycles. The fraction of sp³-hybridized carbons (Fsp3) is 0.207. The lowest BCUT2D eigenvalue weighted by Gasteiger charge is -2.29. The molecular weight excluding hydrogens is 501 g/mol. The minimum Gasteiger partial charge on any atom is -0.497 e. The molecule has 9 heteroatoms. The SMILES string of the molecule is COc1ccc(C2C(C(=O)Nc3cccc(C)c3C)=C(C)Nc3nc(SCc4ccccc4F)nn32)cc1. The van der Waals surface area contributed by atoms with Crippen molar-refractivity contribution in [3.8, 4) is 5.75 Å². The predicted molar refractivity (Wildman–Crippen MR) is 148 cm³/mol. The number of fused-ring (bicyclic) bond motifs is 1. The van der Waals surface area contributed by atoms with Crippen LogP contribution in [0.15, 0.2) is 83.2 Å². The summed E-state index contributed by atoms with van der Waals surface area (Å²) in [5.41, 5.74) is 5.50. The van der Waals surface area contributed by atoms with Gasteiger partial charge in [-0.2, -0.15) is 4.98 Å². The maximum atomic E-state index is 14.2. The molecule has 0 saturated carbocycles. The lowest BCUT2D eigenvalue weighted by Crippen LogP contribution is -2.31. The molecule has 194 valence electrons. The highest BCUT2D eigenvalue weighted by Crippen LogP contribution is 2.38. The topological polar surface area (TPSA) is 81.1 Å². The molecule has 38 heavy (non-hydrogen) atoms. The molecule has 0 bridgehead atoms. The first-order valence-electron chi connectivity index (χ1n) is 12.2. The Morgan fingerprint density at radius 3 is 2.58 bits per heavy atom. The normalized spacial score (nSPS) is 14.6. The number of hydrogen-bond acceptors (Lipinski definition) is 6. The number of nitrogens with zero attached hydrogens (tertiary/aromatic N) is 3. The maximum absolute atomic E-state index is 14.2. The van der Waals surface area contributed by atoms with Crippen LogP contribution in [0.2, 0.25) is 0 Å². The molecule has 0 fully saturated rings. The third kappa shape index (κ3) is 5.02. The summed E-state index contributed by atoms with van der Waals surface area (Å²) >= 11 is 1.34. The smallest absolute Gasteiger partial charge is 0.255 e. The number of rotatable bonds is 7. The molecule has 0 aliphatic carbocycles. The van der Waals surface area contributed by atoms with Crippen LogP contribution in [-0.2, 0) is 10.5 Å². The highest BCUT2D eigenvalue weighted by molar-refractivity contribution is 7.98.